The molecule has 1 spiro atoms. The molecule has 3 nitrogen and oxygen atoms in total. The Hall–Kier alpha value is -1.04. The number of hydrogen-bond acceptors (Lipinski definition) is 4. The molecule has 4 atom stereocenters. The molecule has 0 amide bonds. The lowest BCUT2D eigenvalue weighted by Crippen LogP contribution is -2.53. The molecule has 146 valence electrons. The summed E-state index contributed by atoms with van der Waals surface area (Å²) in [6.07, 6.45) is 8.80. The summed E-state index contributed by atoms with van der Waals surface area (Å²) in [6.45, 7) is 9.45. The van der Waals surface area contributed by atoms with E-state index in [-0.39, 0.29) is 27.7 Å². The minimum absolute atomic E-state index is 0.0142. The van der Waals surface area contributed by atoms with E-state index in [0.29, 0.717) is 0 Å². The van der Waals surface area contributed by atoms with Gasteiger partial charge in [0.05, 0.1) is 12.2 Å². The number of carbonyl (C=O) groups is 1. The van der Waals surface area contributed by atoms with Crippen LogP contribution in [0.15, 0.2) is 47.4 Å². The number of rotatable bonds is 5. The number of allylic oxidation sites excluding steroid dienone is 2. The van der Waals surface area contributed by atoms with Crippen LogP contribution in [0.4, 0.5) is 0 Å². The third-order valence-electron chi connectivity index (χ3n) is 6.78. The van der Waals surface area contributed by atoms with Crippen LogP contribution in [0.25, 0.3) is 0 Å². The molecule has 0 aromatic heterocycles. The molecule has 3 aliphatic rings. The highest BCUT2D eigenvalue weighted by Crippen LogP contribution is 2.71. The maximum atomic E-state index is 13.5. The first-order valence-electron chi connectivity index (χ1n) is 9.98. The van der Waals surface area contributed by atoms with Gasteiger partial charge in [0.15, 0.2) is 0 Å². The number of fused-ring (bicyclic) bond motifs is 2. The molecule has 1 aromatic carbocycles. The number of thioether (sulfide) groups is 1. The van der Waals surface area contributed by atoms with E-state index in [2.05, 4.69) is 50.8 Å². The van der Waals surface area contributed by atoms with E-state index in [1.807, 2.05) is 18.2 Å². The summed E-state index contributed by atoms with van der Waals surface area (Å²) in [7, 11) is -1.97. The molecular formula is C22H30O3SSi. The monoisotopic (exact) mass is 402 g/mol. The molecule has 1 aromatic rings. The lowest BCUT2D eigenvalue weighted by molar-refractivity contribution is -0.138. The lowest BCUT2D eigenvalue weighted by atomic mass is 9.57. The van der Waals surface area contributed by atoms with Crippen LogP contribution in [-0.2, 0) is 14.0 Å². The Kier molecular flexibility index (Phi) is 4.64. The summed E-state index contributed by atoms with van der Waals surface area (Å²) in [5, 5.41) is -0.239. The highest BCUT2D eigenvalue weighted by atomic mass is 32.2. The first kappa shape index (κ1) is 19.3. The van der Waals surface area contributed by atoms with Crippen LogP contribution in [0.2, 0.25) is 19.6 Å². The summed E-state index contributed by atoms with van der Waals surface area (Å²) < 4.78 is 12.1. The van der Waals surface area contributed by atoms with E-state index >= 15 is 0 Å². The molecular weight excluding hydrogens is 372 g/mol. The van der Waals surface area contributed by atoms with Crippen molar-refractivity contribution in [3.05, 3.63) is 42.5 Å². The first-order chi connectivity index (χ1) is 12.7. The molecule has 2 fully saturated rings. The number of epoxide rings is 1. The van der Waals surface area contributed by atoms with Gasteiger partial charge in [0.25, 0.3) is 0 Å². The number of benzene rings is 1. The van der Waals surface area contributed by atoms with E-state index in [1.54, 1.807) is 11.8 Å². The van der Waals surface area contributed by atoms with E-state index in [0.717, 1.165) is 37.2 Å². The van der Waals surface area contributed by atoms with Gasteiger partial charge in [-0.2, -0.15) is 0 Å². The van der Waals surface area contributed by atoms with Crippen LogP contribution in [-0.4, -0.2) is 31.7 Å². The maximum absolute atomic E-state index is 13.5. The van der Waals surface area contributed by atoms with Crippen LogP contribution in [0.1, 0.15) is 32.6 Å². The Morgan fingerprint density at radius 1 is 1.19 bits per heavy atom. The Balaban J connectivity index is 1.76. The Bertz CT molecular complexity index is 753. The van der Waals surface area contributed by atoms with Gasteiger partial charge in [0.2, 0.25) is 8.32 Å². The normalized spacial score (nSPS) is 35.7. The highest BCUT2D eigenvalue weighted by molar-refractivity contribution is 8.00. The maximum Gasteiger partial charge on any atom is 0.307 e. The topological polar surface area (TPSA) is 38.8 Å². The fourth-order valence-electron chi connectivity index (χ4n) is 5.19. The van der Waals surface area contributed by atoms with Crippen molar-refractivity contribution < 1.29 is 14.0 Å². The van der Waals surface area contributed by atoms with Crippen LogP contribution in [0, 0.1) is 10.8 Å². The molecule has 0 bridgehead atoms. The van der Waals surface area contributed by atoms with Gasteiger partial charge < -0.3 is 9.16 Å². The average molecular weight is 403 g/mol. The smallest absolute Gasteiger partial charge is 0.307 e. The van der Waals surface area contributed by atoms with Crippen LogP contribution in [0.3, 0.4) is 0 Å². The van der Waals surface area contributed by atoms with E-state index in [4.69, 9.17) is 9.16 Å². The summed E-state index contributed by atoms with van der Waals surface area (Å²) >= 11 is 1.68. The Morgan fingerprint density at radius 3 is 2.52 bits per heavy atom. The molecule has 1 aliphatic heterocycles. The van der Waals surface area contributed by atoms with Gasteiger partial charge in [-0.25, -0.2) is 0 Å². The van der Waals surface area contributed by atoms with Crippen molar-refractivity contribution in [3.63, 3.8) is 0 Å². The van der Waals surface area contributed by atoms with Gasteiger partial charge in [0.1, 0.15) is 5.25 Å². The fourth-order valence-corrected chi connectivity index (χ4v) is 7.39. The summed E-state index contributed by atoms with van der Waals surface area (Å²) in [5.74, 6) is -0.0431. The van der Waals surface area contributed by atoms with Crippen molar-refractivity contribution in [2.45, 2.75) is 68.0 Å². The van der Waals surface area contributed by atoms with Crippen molar-refractivity contribution in [3.8, 4) is 0 Å². The quantitative estimate of drug-likeness (QED) is 0.285. The zero-order valence-electron chi connectivity index (χ0n) is 16.8. The van der Waals surface area contributed by atoms with Gasteiger partial charge in [-0.1, -0.05) is 37.3 Å². The lowest BCUT2D eigenvalue weighted by Gasteiger charge is -2.50. The number of ether oxygens (including phenoxy) is 1. The molecule has 1 saturated carbocycles. The van der Waals surface area contributed by atoms with Crippen molar-refractivity contribution >= 4 is 26.0 Å². The van der Waals surface area contributed by atoms with Gasteiger partial charge in [-0.3, -0.25) is 4.79 Å². The average Bonchev–Trinajstić information content (AvgIpc) is 3.35. The standard InChI is InChI=1S/C22H30O3SSi/c1-20-12-8-9-13-21(20,14-15-22(20)16-24-22)18(19(23)25-27(2,3)4)26-17-10-6-5-7-11-17/h5-7,9-11,13,18H,8,12,14-16H2,1-4H3/t18-,20-,21-,22+/m1/s1. The molecule has 1 heterocycles. The Morgan fingerprint density at radius 2 is 1.89 bits per heavy atom. The second kappa shape index (κ2) is 6.50. The molecule has 27 heavy (non-hydrogen) atoms. The van der Waals surface area contributed by atoms with Gasteiger partial charge >= 0.3 is 5.97 Å². The van der Waals surface area contributed by atoms with Crippen molar-refractivity contribution in [2.75, 3.05) is 6.61 Å². The molecule has 5 heteroatoms. The largest absolute Gasteiger partial charge is 0.519 e. The number of carbonyl (C=O) groups excluding carboxylic acids is 1. The molecule has 0 N–H and O–H groups in total. The molecule has 1 saturated heterocycles. The van der Waals surface area contributed by atoms with Crippen molar-refractivity contribution in [1.29, 1.82) is 0 Å². The van der Waals surface area contributed by atoms with Crippen LogP contribution >= 0.6 is 11.8 Å². The van der Waals surface area contributed by atoms with Gasteiger partial charge in [-0.05, 0) is 57.5 Å². The number of hydrogen-bond donors (Lipinski definition) is 0. The third kappa shape index (κ3) is 3.12. The second-order valence-corrected chi connectivity index (χ2v) is 15.0. The van der Waals surface area contributed by atoms with Crippen molar-refractivity contribution in [1.82, 2.24) is 0 Å². The van der Waals surface area contributed by atoms with E-state index in [9.17, 15) is 4.79 Å². The third-order valence-corrected chi connectivity index (χ3v) is 8.99. The fraction of sp³-hybridized carbons (Fsp3) is 0.591. The SMILES string of the molecule is C[C@@]12CCC=C[C@]1([C@H](Sc1ccccc1)C(=O)O[Si](C)(C)C)CC[C@]21CO1. The zero-order valence-corrected chi connectivity index (χ0v) is 18.6. The van der Waals surface area contributed by atoms with E-state index < -0.39 is 8.32 Å². The van der Waals surface area contributed by atoms with Crippen LogP contribution < -0.4 is 0 Å². The minimum atomic E-state index is -1.97. The first-order valence-corrected chi connectivity index (χ1v) is 14.3. The van der Waals surface area contributed by atoms with Gasteiger partial charge in [-0.15, -0.1) is 11.8 Å². The van der Waals surface area contributed by atoms with Gasteiger partial charge in [0, 0.05) is 15.7 Å². The van der Waals surface area contributed by atoms with E-state index in [1.165, 1.54) is 0 Å². The highest BCUT2D eigenvalue weighted by Gasteiger charge is 2.73. The predicted molar refractivity (Wildman–Crippen MR) is 112 cm³/mol. The second-order valence-electron chi connectivity index (χ2n) is 9.44. The minimum Gasteiger partial charge on any atom is -0.519 e. The summed E-state index contributed by atoms with van der Waals surface area (Å²) in [6, 6.07) is 10.3. The molecule has 0 unspecified atom stereocenters. The van der Waals surface area contributed by atoms with Crippen molar-refractivity contribution in [2.24, 2.45) is 10.8 Å². The predicted octanol–water partition coefficient (Wildman–Crippen LogP) is 5.43. The zero-order chi connectivity index (χ0) is 19.3. The molecule has 4 rings (SSSR count). The van der Waals surface area contributed by atoms with Crippen LogP contribution in [0.5, 0.6) is 0 Å². The summed E-state index contributed by atoms with van der Waals surface area (Å²) in [4.78, 5) is 14.6. The molecule has 0 radical (unpaired) electrons. The Labute approximate surface area is 168 Å². The summed E-state index contributed by atoms with van der Waals surface area (Å²) in [5.41, 5.74) is -0.259. The molecule has 2 aliphatic carbocycles.